The number of carbonyl (C=O) groups is 1. The summed E-state index contributed by atoms with van der Waals surface area (Å²) in [5.74, 6) is 2.01. The molecule has 110 valence electrons. The Labute approximate surface area is 121 Å². The highest BCUT2D eigenvalue weighted by Gasteiger charge is 2.20. The topological polar surface area (TPSA) is 44.7 Å². The van der Waals surface area contributed by atoms with Crippen molar-refractivity contribution in [3.63, 3.8) is 0 Å². The predicted octanol–water partition coefficient (Wildman–Crippen LogP) is 2.35. The molecule has 1 saturated heterocycles. The standard InChI is InChI=1S/C14H27N3OS/c1-5-17(6-2)13(18)7-8-15-14-16-12(10-19-14)9-11(3)4/h11-12H,5-10H2,1-4H3,(H,15,16). The Bertz CT molecular complexity index is 314. The fourth-order valence-corrected chi connectivity index (χ4v) is 3.22. The lowest BCUT2D eigenvalue weighted by Gasteiger charge is -2.17. The van der Waals surface area contributed by atoms with E-state index in [4.69, 9.17) is 0 Å². The number of hydrogen-bond acceptors (Lipinski definition) is 3. The van der Waals surface area contributed by atoms with Gasteiger partial charge in [0, 0.05) is 31.3 Å². The molecule has 5 heteroatoms. The van der Waals surface area contributed by atoms with Crippen molar-refractivity contribution in [2.24, 2.45) is 10.9 Å². The molecule has 0 aromatic heterocycles. The number of carbonyl (C=O) groups excluding carboxylic acids is 1. The molecule has 1 fully saturated rings. The van der Waals surface area contributed by atoms with Crippen LogP contribution in [0.3, 0.4) is 0 Å². The van der Waals surface area contributed by atoms with Crippen LogP contribution >= 0.6 is 11.8 Å². The van der Waals surface area contributed by atoms with Crippen LogP contribution in [-0.2, 0) is 4.79 Å². The van der Waals surface area contributed by atoms with E-state index in [9.17, 15) is 4.79 Å². The molecule has 1 aliphatic rings. The molecule has 4 nitrogen and oxygen atoms in total. The average Bonchev–Trinajstić information content (AvgIpc) is 2.77. The number of amides is 1. The van der Waals surface area contributed by atoms with E-state index < -0.39 is 0 Å². The van der Waals surface area contributed by atoms with Gasteiger partial charge in [0.05, 0.1) is 6.54 Å². The molecule has 0 radical (unpaired) electrons. The lowest BCUT2D eigenvalue weighted by Crippen LogP contribution is -2.31. The molecule has 1 heterocycles. The minimum absolute atomic E-state index is 0.205. The number of aliphatic imine (C=N–C) groups is 1. The van der Waals surface area contributed by atoms with E-state index in [-0.39, 0.29) is 5.91 Å². The second-order valence-electron chi connectivity index (χ2n) is 5.28. The van der Waals surface area contributed by atoms with E-state index in [1.165, 1.54) is 6.42 Å². The van der Waals surface area contributed by atoms with E-state index in [1.807, 2.05) is 18.7 Å². The van der Waals surface area contributed by atoms with E-state index in [2.05, 4.69) is 24.2 Å². The van der Waals surface area contributed by atoms with Gasteiger partial charge < -0.3 is 10.2 Å². The highest BCUT2D eigenvalue weighted by molar-refractivity contribution is 8.14. The second kappa shape index (κ2) is 8.46. The fraction of sp³-hybridized carbons (Fsp3) is 0.857. The van der Waals surface area contributed by atoms with Crippen LogP contribution in [0.2, 0.25) is 0 Å². The van der Waals surface area contributed by atoms with Gasteiger partial charge in [-0.1, -0.05) is 25.6 Å². The quantitative estimate of drug-likeness (QED) is 0.781. The third kappa shape index (κ3) is 5.85. The predicted molar refractivity (Wildman–Crippen MR) is 83.7 cm³/mol. The Balaban J connectivity index is 2.29. The molecular formula is C14H27N3OS. The van der Waals surface area contributed by atoms with Crippen molar-refractivity contribution < 1.29 is 4.79 Å². The minimum Gasteiger partial charge on any atom is -0.361 e. The van der Waals surface area contributed by atoms with E-state index >= 15 is 0 Å². The number of nitrogens with zero attached hydrogens (tertiary/aromatic N) is 2. The fourth-order valence-electron chi connectivity index (χ4n) is 2.21. The zero-order valence-electron chi connectivity index (χ0n) is 12.6. The molecule has 0 aromatic carbocycles. The zero-order valence-corrected chi connectivity index (χ0v) is 13.4. The zero-order chi connectivity index (χ0) is 14.3. The van der Waals surface area contributed by atoms with E-state index in [1.54, 1.807) is 11.8 Å². The summed E-state index contributed by atoms with van der Waals surface area (Å²) in [6.45, 7) is 10.7. The summed E-state index contributed by atoms with van der Waals surface area (Å²) >= 11 is 1.78. The molecule has 1 aliphatic heterocycles. The van der Waals surface area contributed by atoms with Gasteiger partial charge in [-0.25, -0.2) is 0 Å². The van der Waals surface area contributed by atoms with E-state index in [0.717, 1.165) is 24.0 Å². The molecular weight excluding hydrogens is 258 g/mol. The maximum absolute atomic E-state index is 11.8. The third-order valence-corrected chi connectivity index (χ3v) is 4.29. The van der Waals surface area contributed by atoms with Crippen molar-refractivity contribution in [2.75, 3.05) is 25.4 Å². The van der Waals surface area contributed by atoms with Crippen LogP contribution in [0.1, 0.15) is 40.5 Å². The number of thioether (sulfide) groups is 1. The highest BCUT2D eigenvalue weighted by Crippen LogP contribution is 2.19. The van der Waals surface area contributed by atoms with Crippen molar-refractivity contribution in [1.82, 2.24) is 10.2 Å². The van der Waals surface area contributed by atoms with Crippen LogP contribution in [0, 0.1) is 5.92 Å². The maximum atomic E-state index is 11.8. The van der Waals surface area contributed by atoms with Gasteiger partial charge >= 0.3 is 0 Å². The molecule has 1 N–H and O–H groups in total. The van der Waals surface area contributed by atoms with Crippen molar-refractivity contribution >= 4 is 22.8 Å². The second-order valence-corrected chi connectivity index (χ2v) is 6.29. The highest BCUT2D eigenvalue weighted by atomic mass is 32.2. The molecule has 1 atom stereocenters. The van der Waals surface area contributed by atoms with Crippen LogP contribution in [0.15, 0.2) is 4.99 Å². The summed E-state index contributed by atoms with van der Waals surface area (Å²) in [7, 11) is 0. The Morgan fingerprint density at radius 1 is 1.47 bits per heavy atom. The lowest BCUT2D eigenvalue weighted by molar-refractivity contribution is -0.130. The molecule has 1 amide bonds. The van der Waals surface area contributed by atoms with Gasteiger partial charge in [0.2, 0.25) is 5.91 Å². The summed E-state index contributed by atoms with van der Waals surface area (Å²) in [6, 6.07) is 0.544. The molecule has 0 spiro atoms. The van der Waals surface area contributed by atoms with Crippen molar-refractivity contribution in [3.8, 4) is 0 Å². The maximum Gasteiger partial charge on any atom is 0.224 e. The molecule has 0 bridgehead atoms. The van der Waals surface area contributed by atoms with Crippen LogP contribution in [0.5, 0.6) is 0 Å². The molecule has 0 aromatic rings. The summed E-state index contributed by atoms with van der Waals surface area (Å²) in [5.41, 5.74) is 0. The van der Waals surface area contributed by atoms with Gasteiger partial charge in [0.15, 0.2) is 5.17 Å². The lowest BCUT2D eigenvalue weighted by atomic mass is 10.1. The Morgan fingerprint density at radius 2 is 2.16 bits per heavy atom. The first-order chi connectivity index (χ1) is 9.06. The number of nitrogens with one attached hydrogen (secondary N) is 1. The Morgan fingerprint density at radius 3 is 2.74 bits per heavy atom. The Hall–Kier alpha value is -0.710. The summed E-state index contributed by atoms with van der Waals surface area (Å²) < 4.78 is 0. The van der Waals surface area contributed by atoms with Crippen LogP contribution in [-0.4, -0.2) is 47.4 Å². The normalized spacial score (nSPS) is 20.9. The first-order valence-electron chi connectivity index (χ1n) is 7.28. The molecule has 0 saturated carbocycles. The van der Waals surface area contributed by atoms with Crippen molar-refractivity contribution in [3.05, 3.63) is 0 Å². The van der Waals surface area contributed by atoms with E-state index in [0.29, 0.717) is 24.9 Å². The Kier molecular flexibility index (Phi) is 7.28. The van der Waals surface area contributed by atoms with Crippen LogP contribution < -0.4 is 5.32 Å². The van der Waals surface area contributed by atoms with Gasteiger partial charge in [-0.05, 0) is 26.2 Å². The van der Waals surface area contributed by atoms with Crippen molar-refractivity contribution in [2.45, 2.75) is 46.6 Å². The molecule has 19 heavy (non-hydrogen) atoms. The van der Waals surface area contributed by atoms with Gasteiger partial charge in [-0.15, -0.1) is 0 Å². The summed E-state index contributed by atoms with van der Waals surface area (Å²) in [4.78, 5) is 18.2. The van der Waals surface area contributed by atoms with Gasteiger partial charge in [0.1, 0.15) is 0 Å². The SMILES string of the molecule is CCN(CC)C(=O)CCN=C1NC(CC(C)C)CS1. The first-order valence-corrected chi connectivity index (χ1v) is 8.26. The third-order valence-electron chi connectivity index (χ3n) is 3.20. The summed E-state index contributed by atoms with van der Waals surface area (Å²) in [5, 5.41) is 4.45. The molecule has 1 unspecified atom stereocenters. The number of amidine groups is 1. The van der Waals surface area contributed by atoms with Gasteiger partial charge in [-0.2, -0.15) is 0 Å². The van der Waals surface area contributed by atoms with Crippen LogP contribution in [0.4, 0.5) is 0 Å². The van der Waals surface area contributed by atoms with Gasteiger partial charge in [0.25, 0.3) is 0 Å². The smallest absolute Gasteiger partial charge is 0.224 e. The van der Waals surface area contributed by atoms with Crippen LogP contribution in [0.25, 0.3) is 0 Å². The summed E-state index contributed by atoms with van der Waals surface area (Å²) in [6.07, 6.45) is 1.70. The largest absolute Gasteiger partial charge is 0.361 e. The average molecular weight is 285 g/mol. The number of hydrogen-bond donors (Lipinski definition) is 1. The molecule has 1 rings (SSSR count). The first kappa shape index (κ1) is 16.3. The van der Waals surface area contributed by atoms with Crippen molar-refractivity contribution in [1.29, 1.82) is 0 Å². The molecule has 0 aliphatic carbocycles. The van der Waals surface area contributed by atoms with Gasteiger partial charge in [-0.3, -0.25) is 9.79 Å². The monoisotopic (exact) mass is 285 g/mol. The minimum atomic E-state index is 0.205. The number of rotatable bonds is 7.